The maximum absolute atomic E-state index is 13.4. The summed E-state index contributed by atoms with van der Waals surface area (Å²) in [6.07, 6.45) is 5.51. The minimum Gasteiger partial charge on any atom is -0.460 e. The molecule has 0 radical (unpaired) electrons. The number of rotatable bonds is 12. The van der Waals surface area contributed by atoms with Gasteiger partial charge in [0.05, 0.1) is 6.04 Å². The molecule has 5 amide bonds. The van der Waals surface area contributed by atoms with Crippen molar-refractivity contribution in [1.82, 2.24) is 20.9 Å². The highest BCUT2D eigenvalue weighted by Crippen LogP contribution is 2.31. The molecule has 12 heteroatoms. The van der Waals surface area contributed by atoms with E-state index in [1.165, 1.54) is 11.3 Å². The van der Waals surface area contributed by atoms with E-state index >= 15 is 0 Å². The molecule has 1 aliphatic carbocycles. The Bertz CT molecular complexity index is 1180. The maximum atomic E-state index is 13.4. The number of benzene rings is 1. The summed E-state index contributed by atoms with van der Waals surface area (Å²) in [7, 11) is 0. The van der Waals surface area contributed by atoms with Crippen molar-refractivity contribution in [2.45, 2.75) is 152 Å². The van der Waals surface area contributed by atoms with Gasteiger partial charge in [-0.05, 0) is 55.9 Å². The lowest BCUT2D eigenvalue weighted by Crippen LogP contribution is -2.60. The van der Waals surface area contributed by atoms with Gasteiger partial charge in [-0.2, -0.15) is 0 Å². The first-order valence-electron chi connectivity index (χ1n) is 19.1. The second kappa shape index (κ2) is 27.7. The first-order chi connectivity index (χ1) is 24.4. The Balaban J connectivity index is 0. The number of primary amides is 1. The molecule has 0 aromatic heterocycles. The molecule has 0 bridgehead atoms. The highest BCUT2D eigenvalue weighted by Gasteiger charge is 2.43. The Morgan fingerprint density at radius 1 is 0.923 bits per heavy atom. The number of likely N-dealkylation sites (tertiary alicyclic amines) is 1. The predicted molar refractivity (Wildman–Crippen MR) is 208 cm³/mol. The van der Waals surface area contributed by atoms with Crippen LogP contribution in [-0.4, -0.2) is 72.1 Å². The van der Waals surface area contributed by atoms with Crippen molar-refractivity contribution in [1.29, 1.82) is 0 Å². The van der Waals surface area contributed by atoms with Gasteiger partial charge in [0.25, 0.3) is 12.4 Å². The number of nitrogens with zero attached hydrogens (tertiary/aromatic N) is 1. The van der Waals surface area contributed by atoms with Crippen LogP contribution in [0.25, 0.3) is 0 Å². The Labute approximate surface area is 314 Å². The summed E-state index contributed by atoms with van der Waals surface area (Å²) >= 11 is 0. The molecule has 52 heavy (non-hydrogen) atoms. The summed E-state index contributed by atoms with van der Waals surface area (Å²) in [5.74, 6) is -1.60. The number of hydrogen-bond acceptors (Lipinski definition) is 7. The van der Waals surface area contributed by atoms with Crippen molar-refractivity contribution in [3.63, 3.8) is 0 Å². The number of amides is 5. The van der Waals surface area contributed by atoms with Gasteiger partial charge < -0.3 is 31.3 Å². The molecule has 1 heterocycles. The second-order valence-electron chi connectivity index (χ2n) is 14.5. The van der Waals surface area contributed by atoms with Crippen LogP contribution >= 0.6 is 0 Å². The Morgan fingerprint density at radius 3 is 1.88 bits per heavy atom. The molecular weight excluding hydrogens is 662 g/mol. The van der Waals surface area contributed by atoms with Gasteiger partial charge in [-0.15, -0.1) is 0 Å². The summed E-state index contributed by atoms with van der Waals surface area (Å²) in [6, 6.07) is 6.58. The summed E-state index contributed by atoms with van der Waals surface area (Å²) in [5, 5.41) is 8.03. The molecule has 4 atom stereocenters. The smallest absolute Gasteiger partial charge is 0.315 e. The number of hydrogen-bond donors (Lipinski definition) is 4. The van der Waals surface area contributed by atoms with Crippen molar-refractivity contribution in [3.8, 4) is 0 Å². The number of carbonyl (C=O) groups excluding carboxylic acids is 6. The van der Waals surface area contributed by atoms with E-state index in [2.05, 4.69) is 50.6 Å². The molecule has 4 unspecified atom stereocenters. The van der Waals surface area contributed by atoms with Crippen LogP contribution in [0.5, 0.6) is 0 Å². The fraction of sp³-hybridized carbons (Fsp3) is 0.700. The maximum Gasteiger partial charge on any atom is 0.315 e. The zero-order chi connectivity index (χ0) is 40.4. The normalized spacial score (nSPS) is 16.4. The van der Waals surface area contributed by atoms with Crippen molar-refractivity contribution < 1.29 is 33.5 Å². The van der Waals surface area contributed by atoms with Crippen molar-refractivity contribution in [3.05, 3.63) is 35.9 Å². The average Bonchev–Trinajstić information content (AvgIpc) is 3.56. The molecular formula is C40H71N5O7. The molecule has 1 aromatic rings. The highest BCUT2D eigenvalue weighted by atomic mass is 16.5. The molecule has 0 spiro atoms. The monoisotopic (exact) mass is 734 g/mol. The largest absolute Gasteiger partial charge is 0.460 e. The molecule has 1 saturated heterocycles. The number of ether oxygens (including phenoxy) is 1. The van der Waals surface area contributed by atoms with Crippen LogP contribution in [0.15, 0.2) is 30.3 Å². The summed E-state index contributed by atoms with van der Waals surface area (Å²) in [5.41, 5.74) is 5.62. The topological polar surface area (TPSA) is 177 Å². The minimum atomic E-state index is -1.08. The number of urea groups is 1. The molecule has 298 valence electrons. The molecule has 1 aliphatic heterocycles. The van der Waals surface area contributed by atoms with E-state index in [1.807, 2.05) is 71.9 Å². The van der Waals surface area contributed by atoms with Gasteiger partial charge in [-0.25, -0.2) is 4.79 Å². The predicted octanol–water partition coefficient (Wildman–Crippen LogP) is 6.47. The van der Waals surface area contributed by atoms with E-state index in [0.717, 1.165) is 30.7 Å². The van der Waals surface area contributed by atoms with Crippen LogP contribution in [0.4, 0.5) is 4.79 Å². The Kier molecular flexibility index (Phi) is 26.7. The summed E-state index contributed by atoms with van der Waals surface area (Å²) < 4.78 is 4.75. The second-order valence-corrected chi connectivity index (χ2v) is 14.5. The number of carbonyl (C=O) groups is 6. The number of ketones is 1. The van der Waals surface area contributed by atoms with E-state index in [9.17, 15) is 28.8 Å². The van der Waals surface area contributed by atoms with E-state index in [4.69, 9.17) is 10.5 Å². The lowest BCUT2D eigenvalue weighted by molar-refractivity contribution is -0.143. The Hall–Kier alpha value is -3.96. The van der Waals surface area contributed by atoms with Crippen LogP contribution in [-0.2, 0) is 28.7 Å². The van der Waals surface area contributed by atoms with Crippen LogP contribution in [0.2, 0.25) is 0 Å². The van der Waals surface area contributed by atoms with Gasteiger partial charge in [-0.3, -0.25) is 24.0 Å². The molecule has 3 rings (SSSR count). The van der Waals surface area contributed by atoms with E-state index in [-0.39, 0.29) is 17.9 Å². The van der Waals surface area contributed by atoms with Crippen molar-refractivity contribution >= 4 is 36.0 Å². The number of nitrogens with two attached hydrogens (primary N) is 1. The van der Waals surface area contributed by atoms with E-state index < -0.39 is 47.2 Å². The van der Waals surface area contributed by atoms with Crippen LogP contribution in [0, 0.1) is 17.3 Å². The third-order valence-corrected chi connectivity index (χ3v) is 7.76. The molecule has 2 aliphatic rings. The quantitative estimate of drug-likeness (QED) is 0.141. The third-order valence-electron chi connectivity index (χ3n) is 7.76. The van der Waals surface area contributed by atoms with Gasteiger partial charge >= 0.3 is 6.03 Å². The zero-order valence-electron chi connectivity index (χ0n) is 34.2. The molecule has 1 aromatic carbocycles. The van der Waals surface area contributed by atoms with Crippen molar-refractivity contribution in [2.75, 3.05) is 13.1 Å². The fourth-order valence-electron chi connectivity index (χ4n) is 5.08. The summed E-state index contributed by atoms with van der Waals surface area (Å²) in [6.45, 7) is 25.1. The third kappa shape index (κ3) is 20.2. The van der Waals surface area contributed by atoms with Gasteiger partial charge in [0.15, 0.2) is 0 Å². The number of Topliss-reactive ketones (excluding diaryl/α,β-unsaturated/α-hetero) is 1. The zero-order valence-corrected chi connectivity index (χ0v) is 34.2. The Morgan fingerprint density at radius 2 is 1.46 bits per heavy atom. The first kappa shape index (κ1) is 50.1. The van der Waals surface area contributed by atoms with Crippen LogP contribution in [0.3, 0.4) is 0 Å². The molecule has 2 fully saturated rings. The SMILES string of the molecule is CC.CC(C)C.CC(OC=O)c1ccccc1.CCC.CCNC(=O)NC(C(=O)N1CCCC1C(=O)NC(CC1CCC1)C(=O)C(N)=O)C(C)(C)C. The fourth-order valence-corrected chi connectivity index (χ4v) is 5.08. The molecule has 12 nitrogen and oxygen atoms in total. The lowest BCUT2D eigenvalue weighted by atomic mass is 9.80. The minimum absolute atomic E-state index is 0.145. The van der Waals surface area contributed by atoms with Crippen LogP contribution in [0.1, 0.15) is 140 Å². The molecule has 1 saturated carbocycles. The van der Waals surface area contributed by atoms with E-state index in [0.29, 0.717) is 38.8 Å². The van der Waals surface area contributed by atoms with Crippen LogP contribution < -0.4 is 21.7 Å². The van der Waals surface area contributed by atoms with Gasteiger partial charge in [0, 0.05) is 13.1 Å². The lowest BCUT2D eigenvalue weighted by Gasteiger charge is -2.36. The average molecular weight is 734 g/mol. The highest BCUT2D eigenvalue weighted by molar-refractivity contribution is 6.37. The van der Waals surface area contributed by atoms with E-state index in [1.54, 1.807) is 6.92 Å². The standard InChI is InChI=1S/C22H37N5O5.C9H10O2.C4H10.C3H8.C2H6/c1-5-24-21(32)26-17(22(2,3)4)20(31)27-11-7-10-15(27)19(30)25-14(16(28)18(23)29)12-13-8-6-9-13;1-8(11-7-10)9-5-3-2-4-6-9;1-4(2)3;1-3-2;1-2/h13-15,17H,5-12H2,1-4H3,(H2,23,29)(H,25,30)(H2,24,26,32);2-8H,1H3;4H,1-3H3;3H2,1-2H3;1-2H3. The summed E-state index contributed by atoms with van der Waals surface area (Å²) in [4.78, 5) is 73.7. The first-order valence-corrected chi connectivity index (χ1v) is 19.1. The van der Waals surface area contributed by atoms with Gasteiger partial charge in [0.1, 0.15) is 18.2 Å². The number of nitrogens with one attached hydrogen (secondary N) is 3. The molecule has 5 N–H and O–H groups in total. The van der Waals surface area contributed by atoms with Gasteiger partial charge in [-0.1, -0.05) is 125 Å². The van der Waals surface area contributed by atoms with Crippen molar-refractivity contribution in [2.24, 2.45) is 23.0 Å². The van der Waals surface area contributed by atoms with Gasteiger partial charge in [0.2, 0.25) is 17.6 Å².